The fourth-order valence-corrected chi connectivity index (χ4v) is 2.10. The maximum atomic E-state index is 13.4. The van der Waals surface area contributed by atoms with E-state index in [-0.39, 0.29) is 19.4 Å². The molecule has 5 nitrogen and oxygen atoms in total. The molecule has 0 radical (unpaired) electrons. The van der Waals surface area contributed by atoms with Crippen LogP contribution in [-0.4, -0.2) is 42.3 Å². The van der Waals surface area contributed by atoms with Crippen molar-refractivity contribution in [1.29, 1.82) is 0 Å². The van der Waals surface area contributed by atoms with Gasteiger partial charge in [0.25, 0.3) is 0 Å². The molecule has 0 saturated heterocycles. The van der Waals surface area contributed by atoms with Crippen molar-refractivity contribution in [3.05, 3.63) is 61.2 Å². The number of esters is 1. The molecule has 1 atom stereocenters. The third-order valence-corrected chi connectivity index (χ3v) is 3.47. The lowest BCUT2D eigenvalue weighted by Crippen LogP contribution is -2.52. The monoisotopic (exact) mass is 385 g/mol. The van der Waals surface area contributed by atoms with Crippen LogP contribution in [0.1, 0.15) is 18.4 Å². The summed E-state index contributed by atoms with van der Waals surface area (Å²) in [5.74, 6) is -0.805. The second-order valence-electron chi connectivity index (χ2n) is 5.55. The van der Waals surface area contributed by atoms with Crippen LogP contribution in [0.3, 0.4) is 0 Å². The van der Waals surface area contributed by atoms with Crippen LogP contribution >= 0.6 is 0 Å². The summed E-state index contributed by atoms with van der Waals surface area (Å²) in [5, 5.41) is 0. The van der Waals surface area contributed by atoms with Gasteiger partial charge in [-0.25, -0.2) is 4.79 Å². The summed E-state index contributed by atoms with van der Waals surface area (Å²) in [5.41, 5.74) is 0.629. The van der Waals surface area contributed by atoms with Crippen molar-refractivity contribution in [2.24, 2.45) is 0 Å². The first-order chi connectivity index (χ1) is 12.8. The van der Waals surface area contributed by atoms with Crippen molar-refractivity contribution < 1.29 is 32.2 Å². The number of rotatable bonds is 10. The molecule has 0 spiro atoms. The number of halogens is 3. The van der Waals surface area contributed by atoms with Crippen molar-refractivity contribution in [2.45, 2.75) is 31.7 Å². The molecular formula is C19H22F3NO4. The number of nitrogens with zero attached hydrogens (tertiary/aromatic N) is 1. The summed E-state index contributed by atoms with van der Waals surface area (Å²) in [6, 6.07) is 6.20. The van der Waals surface area contributed by atoms with Gasteiger partial charge in [0.1, 0.15) is 13.2 Å². The number of hydrogen-bond donors (Lipinski definition) is 0. The molecule has 27 heavy (non-hydrogen) atoms. The Hall–Kier alpha value is -2.77. The van der Waals surface area contributed by atoms with Crippen molar-refractivity contribution in [1.82, 2.24) is 4.90 Å². The minimum absolute atomic E-state index is 0.0893. The largest absolute Gasteiger partial charge is 0.463 e. The third kappa shape index (κ3) is 7.98. The number of amides is 1. The van der Waals surface area contributed by atoms with E-state index in [2.05, 4.69) is 17.9 Å². The zero-order valence-electron chi connectivity index (χ0n) is 14.8. The first-order valence-corrected chi connectivity index (χ1v) is 8.21. The zero-order valence-corrected chi connectivity index (χ0v) is 14.8. The number of alkyl halides is 3. The molecule has 0 heterocycles. The van der Waals surface area contributed by atoms with E-state index in [1.165, 1.54) is 6.08 Å². The van der Waals surface area contributed by atoms with Gasteiger partial charge in [-0.15, -0.1) is 13.2 Å². The van der Waals surface area contributed by atoms with Gasteiger partial charge in [-0.3, -0.25) is 9.69 Å². The number of ether oxygens (including phenoxy) is 2. The van der Waals surface area contributed by atoms with E-state index < -0.39 is 37.4 Å². The van der Waals surface area contributed by atoms with Gasteiger partial charge in [0.05, 0.1) is 0 Å². The van der Waals surface area contributed by atoms with Gasteiger partial charge < -0.3 is 9.47 Å². The first kappa shape index (κ1) is 22.3. The van der Waals surface area contributed by atoms with Crippen LogP contribution in [0.5, 0.6) is 0 Å². The quantitative estimate of drug-likeness (QED) is 0.446. The summed E-state index contributed by atoms with van der Waals surface area (Å²) in [6.45, 7) is 5.17. The van der Waals surface area contributed by atoms with E-state index in [1.54, 1.807) is 30.3 Å². The second kappa shape index (κ2) is 11.1. The van der Waals surface area contributed by atoms with Gasteiger partial charge in [0.2, 0.25) is 0 Å². The summed E-state index contributed by atoms with van der Waals surface area (Å²) in [4.78, 5) is 24.2. The highest BCUT2D eigenvalue weighted by Gasteiger charge is 2.46. The predicted octanol–water partition coefficient (Wildman–Crippen LogP) is 4.25. The molecule has 0 bridgehead atoms. The third-order valence-electron chi connectivity index (χ3n) is 3.47. The zero-order chi connectivity index (χ0) is 20.3. The molecule has 0 saturated carbocycles. The Morgan fingerprint density at radius 1 is 1.11 bits per heavy atom. The van der Waals surface area contributed by atoms with Crippen molar-refractivity contribution in [2.75, 3.05) is 13.2 Å². The Balaban J connectivity index is 2.81. The smallest absolute Gasteiger partial charge is 0.412 e. The molecule has 0 unspecified atom stereocenters. The molecule has 1 amide bonds. The molecule has 0 aromatic heterocycles. The minimum Gasteiger partial charge on any atom is -0.463 e. The van der Waals surface area contributed by atoms with E-state index in [9.17, 15) is 22.8 Å². The van der Waals surface area contributed by atoms with Gasteiger partial charge in [-0.1, -0.05) is 42.5 Å². The lowest BCUT2D eigenvalue weighted by molar-refractivity contribution is -0.193. The summed E-state index contributed by atoms with van der Waals surface area (Å²) >= 11 is 0. The van der Waals surface area contributed by atoms with Crippen LogP contribution in [0.25, 0.3) is 0 Å². The molecule has 0 aliphatic heterocycles. The van der Waals surface area contributed by atoms with E-state index in [0.717, 1.165) is 6.08 Å². The average molecular weight is 385 g/mol. The van der Waals surface area contributed by atoms with Crippen LogP contribution < -0.4 is 0 Å². The van der Waals surface area contributed by atoms with Crippen molar-refractivity contribution in [3.63, 3.8) is 0 Å². The standard InChI is InChI=1S/C19H22F3NO4/c1-3-5-11-17(24)26-14-16(19(20,21)22)23(12-4-2)18(25)27-13-15-9-7-6-8-10-15/h3-4,6-10,16H,1-2,5,11-14H2/t16-/m1/s1. The van der Waals surface area contributed by atoms with E-state index in [0.29, 0.717) is 10.5 Å². The Bertz CT molecular complexity index is 632. The number of hydrogen-bond acceptors (Lipinski definition) is 4. The number of allylic oxidation sites excluding steroid dienone is 1. The fourth-order valence-electron chi connectivity index (χ4n) is 2.10. The molecule has 1 aromatic carbocycles. The number of carbonyl (C=O) groups excluding carboxylic acids is 2. The van der Waals surface area contributed by atoms with Crippen LogP contribution in [0.15, 0.2) is 55.6 Å². The van der Waals surface area contributed by atoms with E-state index >= 15 is 0 Å². The second-order valence-corrected chi connectivity index (χ2v) is 5.55. The topological polar surface area (TPSA) is 55.8 Å². The molecule has 148 valence electrons. The summed E-state index contributed by atoms with van der Waals surface area (Å²) in [7, 11) is 0. The lowest BCUT2D eigenvalue weighted by Gasteiger charge is -2.31. The van der Waals surface area contributed by atoms with E-state index in [1.807, 2.05) is 0 Å². The normalized spacial score (nSPS) is 12.0. The van der Waals surface area contributed by atoms with Gasteiger partial charge in [0, 0.05) is 13.0 Å². The highest BCUT2D eigenvalue weighted by atomic mass is 19.4. The van der Waals surface area contributed by atoms with Gasteiger partial charge in [-0.05, 0) is 12.0 Å². The highest BCUT2D eigenvalue weighted by molar-refractivity contribution is 5.70. The lowest BCUT2D eigenvalue weighted by atomic mass is 10.2. The molecule has 0 N–H and O–H groups in total. The molecule has 0 fully saturated rings. The van der Waals surface area contributed by atoms with Gasteiger partial charge in [-0.2, -0.15) is 13.2 Å². The van der Waals surface area contributed by atoms with Crippen LogP contribution in [0.4, 0.5) is 18.0 Å². The highest BCUT2D eigenvalue weighted by Crippen LogP contribution is 2.26. The minimum atomic E-state index is -4.81. The number of carbonyl (C=O) groups is 2. The predicted molar refractivity (Wildman–Crippen MR) is 93.8 cm³/mol. The van der Waals surface area contributed by atoms with Crippen LogP contribution in [0, 0.1) is 0 Å². The maximum Gasteiger partial charge on any atom is 0.412 e. The molecule has 1 rings (SSSR count). The molecule has 1 aromatic rings. The summed E-state index contributed by atoms with van der Waals surface area (Å²) in [6.07, 6.45) is -3.20. The van der Waals surface area contributed by atoms with Gasteiger partial charge >= 0.3 is 18.2 Å². The number of benzene rings is 1. The maximum absolute atomic E-state index is 13.4. The Morgan fingerprint density at radius 3 is 2.33 bits per heavy atom. The van der Waals surface area contributed by atoms with Crippen molar-refractivity contribution in [3.8, 4) is 0 Å². The van der Waals surface area contributed by atoms with Crippen LogP contribution in [0.2, 0.25) is 0 Å². The van der Waals surface area contributed by atoms with Crippen molar-refractivity contribution >= 4 is 12.1 Å². The van der Waals surface area contributed by atoms with E-state index in [4.69, 9.17) is 4.74 Å². The first-order valence-electron chi connectivity index (χ1n) is 8.21. The Labute approximate surface area is 156 Å². The Kier molecular flexibility index (Phi) is 9.12. The molecule has 0 aliphatic carbocycles. The average Bonchev–Trinajstić information content (AvgIpc) is 2.63. The molecular weight excluding hydrogens is 363 g/mol. The Morgan fingerprint density at radius 2 is 1.78 bits per heavy atom. The summed E-state index contributed by atoms with van der Waals surface area (Å²) < 4.78 is 49.9. The SMILES string of the molecule is C=CCCC(=O)OC[C@@H](N(CC=C)C(=O)OCc1ccccc1)C(F)(F)F. The van der Waals surface area contributed by atoms with Crippen LogP contribution in [-0.2, 0) is 20.9 Å². The fraction of sp³-hybridized carbons (Fsp3) is 0.368. The molecule has 0 aliphatic rings. The van der Waals surface area contributed by atoms with Gasteiger partial charge in [0.15, 0.2) is 6.04 Å². The molecule has 8 heteroatoms.